The van der Waals surface area contributed by atoms with Gasteiger partial charge in [0.1, 0.15) is 17.5 Å². The van der Waals surface area contributed by atoms with Crippen LogP contribution in [0.3, 0.4) is 0 Å². The molecule has 1 amide bonds. The summed E-state index contributed by atoms with van der Waals surface area (Å²) in [6.07, 6.45) is 1.50. The Labute approximate surface area is 142 Å². The van der Waals surface area contributed by atoms with Gasteiger partial charge in [0.05, 0.1) is 17.4 Å². The fourth-order valence-electron chi connectivity index (χ4n) is 2.37. The van der Waals surface area contributed by atoms with E-state index in [1.807, 2.05) is 45.0 Å². The number of amides is 1. The lowest BCUT2D eigenvalue weighted by Gasteiger charge is -2.34. The third-order valence-electron chi connectivity index (χ3n) is 3.34. The van der Waals surface area contributed by atoms with Crippen molar-refractivity contribution in [3.05, 3.63) is 24.3 Å². The van der Waals surface area contributed by atoms with Gasteiger partial charge >= 0.3 is 6.09 Å². The zero-order valence-electron chi connectivity index (χ0n) is 13.7. The number of benzene rings is 1. The molecular formula is C17H22N2O3S. The third kappa shape index (κ3) is 5.66. The molecule has 23 heavy (non-hydrogen) atoms. The second-order valence-electron chi connectivity index (χ2n) is 6.51. The van der Waals surface area contributed by atoms with Gasteiger partial charge in [-0.3, -0.25) is 0 Å². The Bertz CT molecular complexity index is 589. The molecule has 1 unspecified atom stereocenters. The van der Waals surface area contributed by atoms with Gasteiger partial charge in [0.15, 0.2) is 0 Å². The molecule has 124 valence electrons. The lowest BCUT2D eigenvalue weighted by molar-refractivity contribution is 0.00776. The summed E-state index contributed by atoms with van der Waals surface area (Å²) >= 11 is 4.58. The van der Waals surface area contributed by atoms with Crippen LogP contribution in [0.4, 0.5) is 10.5 Å². The second kappa shape index (κ2) is 7.57. The van der Waals surface area contributed by atoms with Crippen molar-refractivity contribution in [3.63, 3.8) is 0 Å². The molecule has 0 N–H and O–H groups in total. The quantitative estimate of drug-likeness (QED) is 0.614. The summed E-state index contributed by atoms with van der Waals surface area (Å²) in [5, 5.41) is 2.33. The first-order valence-electron chi connectivity index (χ1n) is 7.70. The number of aliphatic imine (C=N–C) groups is 1. The Kier molecular flexibility index (Phi) is 5.74. The highest BCUT2D eigenvalue weighted by Gasteiger charge is 2.28. The third-order valence-corrected chi connectivity index (χ3v) is 3.44. The van der Waals surface area contributed by atoms with E-state index in [0.29, 0.717) is 13.1 Å². The summed E-state index contributed by atoms with van der Waals surface area (Å²) in [4.78, 5) is 17.8. The highest BCUT2D eigenvalue weighted by molar-refractivity contribution is 7.78. The molecule has 1 fully saturated rings. The summed E-state index contributed by atoms with van der Waals surface area (Å²) in [7, 11) is 0. The maximum absolute atomic E-state index is 12.1. The number of nitrogens with zero attached hydrogens (tertiary/aromatic N) is 2. The van der Waals surface area contributed by atoms with Gasteiger partial charge in [0.2, 0.25) is 0 Å². The maximum atomic E-state index is 12.1. The Morgan fingerprint density at radius 2 is 2.04 bits per heavy atom. The number of likely N-dealkylation sites (tertiary alicyclic amines) is 1. The van der Waals surface area contributed by atoms with Gasteiger partial charge in [0.25, 0.3) is 0 Å². The van der Waals surface area contributed by atoms with Crippen LogP contribution in [-0.2, 0) is 4.74 Å². The molecule has 0 spiro atoms. The van der Waals surface area contributed by atoms with Crippen LogP contribution in [0.15, 0.2) is 29.3 Å². The predicted molar refractivity (Wildman–Crippen MR) is 92.6 cm³/mol. The number of thiocarbonyl (C=S) groups is 1. The number of carbonyl (C=O) groups is 1. The van der Waals surface area contributed by atoms with Gasteiger partial charge < -0.3 is 14.4 Å². The normalized spacial score (nSPS) is 18.0. The Balaban J connectivity index is 1.93. The van der Waals surface area contributed by atoms with E-state index in [9.17, 15) is 4.79 Å². The molecule has 1 aromatic rings. The highest BCUT2D eigenvalue weighted by Crippen LogP contribution is 2.22. The number of piperidine rings is 1. The van der Waals surface area contributed by atoms with E-state index >= 15 is 0 Å². The fraction of sp³-hybridized carbons (Fsp3) is 0.529. The first-order valence-corrected chi connectivity index (χ1v) is 8.11. The van der Waals surface area contributed by atoms with Crippen molar-refractivity contribution in [2.45, 2.75) is 45.3 Å². The van der Waals surface area contributed by atoms with Crippen LogP contribution < -0.4 is 4.74 Å². The summed E-state index contributed by atoms with van der Waals surface area (Å²) in [6.45, 7) is 6.85. The molecule has 1 atom stereocenters. The molecule has 0 saturated carbocycles. The zero-order valence-corrected chi connectivity index (χ0v) is 14.6. The van der Waals surface area contributed by atoms with Crippen LogP contribution in [0.1, 0.15) is 33.6 Å². The molecule has 2 rings (SSSR count). The molecule has 1 saturated heterocycles. The largest absolute Gasteiger partial charge is 0.489 e. The van der Waals surface area contributed by atoms with Crippen LogP contribution in [0.25, 0.3) is 0 Å². The van der Waals surface area contributed by atoms with Crippen LogP contribution in [0.5, 0.6) is 5.75 Å². The number of rotatable bonds is 3. The molecule has 0 bridgehead atoms. The first kappa shape index (κ1) is 17.4. The standard InChI is InChI=1S/C17H22N2O3S/c1-17(2,3)22-16(20)19-10-4-5-15(11-19)21-14-8-6-13(7-9-14)18-12-23/h6-9,15H,4-5,10-11H2,1-3H3. The van der Waals surface area contributed by atoms with E-state index in [0.717, 1.165) is 24.3 Å². The molecule has 0 radical (unpaired) electrons. The van der Waals surface area contributed by atoms with Crippen LogP contribution in [-0.4, -0.2) is 40.9 Å². The Hall–Kier alpha value is -1.91. The summed E-state index contributed by atoms with van der Waals surface area (Å²) in [5.41, 5.74) is 0.259. The van der Waals surface area contributed by atoms with E-state index in [4.69, 9.17) is 9.47 Å². The Morgan fingerprint density at radius 1 is 1.35 bits per heavy atom. The van der Waals surface area contributed by atoms with Gasteiger partial charge in [-0.1, -0.05) is 0 Å². The van der Waals surface area contributed by atoms with Crippen LogP contribution in [0.2, 0.25) is 0 Å². The van der Waals surface area contributed by atoms with E-state index in [2.05, 4.69) is 22.4 Å². The van der Waals surface area contributed by atoms with Crippen LogP contribution in [0, 0.1) is 0 Å². The monoisotopic (exact) mass is 334 g/mol. The van der Waals surface area contributed by atoms with Gasteiger partial charge in [-0.25, -0.2) is 4.79 Å². The lowest BCUT2D eigenvalue weighted by atomic mass is 10.1. The predicted octanol–water partition coefficient (Wildman–Crippen LogP) is 4.20. The summed E-state index contributed by atoms with van der Waals surface area (Å²) in [6, 6.07) is 7.34. The molecule has 1 aliphatic rings. The van der Waals surface area contributed by atoms with Gasteiger partial charge in [0, 0.05) is 6.54 Å². The number of hydrogen-bond donors (Lipinski definition) is 0. The number of ether oxygens (including phenoxy) is 2. The molecule has 1 aliphatic heterocycles. The van der Waals surface area contributed by atoms with Gasteiger partial charge in [-0.2, -0.15) is 4.99 Å². The van der Waals surface area contributed by atoms with Crippen molar-refractivity contribution in [2.75, 3.05) is 13.1 Å². The van der Waals surface area contributed by atoms with Crippen molar-refractivity contribution in [3.8, 4) is 5.75 Å². The first-order chi connectivity index (χ1) is 10.9. The van der Waals surface area contributed by atoms with E-state index in [-0.39, 0.29) is 12.2 Å². The van der Waals surface area contributed by atoms with Crippen molar-refractivity contribution >= 4 is 29.2 Å². The maximum Gasteiger partial charge on any atom is 0.410 e. The molecule has 0 aliphatic carbocycles. The minimum Gasteiger partial charge on any atom is -0.489 e. The summed E-state index contributed by atoms with van der Waals surface area (Å²) in [5.74, 6) is 0.754. The molecule has 0 aromatic heterocycles. The Morgan fingerprint density at radius 3 is 2.65 bits per heavy atom. The van der Waals surface area contributed by atoms with Crippen molar-refractivity contribution in [1.29, 1.82) is 0 Å². The average Bonchev–Trinajstić information content (AvgIpc) is 2.48. The van der Waals surface area contributed by atoms with E-state index < -0.39 is 5.60 Å². The SMILES string of the molecule is CC(C)(C)OC(=O)N1CCCC(Oc2ccc(N=C=S)cc2)C1. The van der Waals surface area contributed by atoms with Crippen molar-refractivity contribution < 1.29 is 14.3 Å². The average molecular weight is 334 g/mol. The molecule has 6 heteroatoms. The number of isothiocyanates is 1. The molecule has 1 aromatic carbocycles. The van der Waals surface area contributed by atoms with Gasteiger partial charge in [-0.05, 0) is 70.1 Å². The topological polar surface area (TPSA) is 51.1 Å². The minimum absolute atomic E-state index is 0.0314. The minimum atomic E-state index is -0.483. The molecule has 1 heterocycles. The number of hydrogen-bond acceptors (Lipinski definition) is 5. The summed E-state index contributed by atoms with van der Waals surface area (Å²) < 4.78 is 11.4. The van der Waals surface area contributed by atoms with E-state index in [1.165, 1.54) is 0 Å². The fourth-order valence-corrected chi connectivity index (χ4v) is 2.48. The highest BCUT2D eigenvalue weighted by atomic mass is 32.1. The molecule has 5 nitrogen and oxygen atoms in total. The van der Waals surface area contributed by atoms with Crippen LogP contribution >= 0.6 is 12.2 Å². The van der Waals surface area contributed by atoms with Gasteiger partial charge in [-0.15, -0.1) is 0 Å². The zero-order chi connectivity index (χ0) is 16.9. The van der Waals surface area contributed by atoms with Crippen molar-refractivity contribution in [2.24, 2.45) is 4.99 Å². The van der Waals surface area contributed by atoms with E-state index in [1.54, 1.807) is 4.90 Å². The van der Waals surface area contributed by atoms with Crippen molar-refractivity contribution in [1.82, 2.24) is 4.90 Å². The number of carbonyl (C=O) groups excluding carboxylic acids is 1. The smallest absolute Gasteiger partial charge is 0.410 e. The lowest BCUT2D eigenvalue weighted by Crippen LogP contribution is -2.46. The second-order valence-corrected chi connectivity index (χ2v) is 6.69. The molecular weight excluding hydrogens is 312 g/mol.